The number of benzene rings is 1. The number of nitrogens with two attached hydrogens (primary N) is 1. The van der Waals surface area contributed by atoms with Gasteiger partial charge in [0.25, 0.3) is 0 Å². The highest BCUT2D eigenvalue weighted by Gasteiger charge is 2.06. The highest BCUT2D eigenvalue weighted by atomic mass is 19.2. The molecule has 0 atom stereocenters. The lowest BCUT2D eigenvalue weighted by molar-refractivity contribution is 0.141. The average Bonchev–Trinajstić information content (AvgIpc) is 2.10. The van der Waals surface area contributed by atoms with E-state index in [2.05, 4.69) is 4.84 Å². The molecule has 0 aliphatic rings. The predicted molar refractivity (Wildman–Crippen MR) is 44.9 cm³/mol. The minimum absolute atomic E-state index is 0.296. The molecule has 0 unspecified atom stereocenters. The summed E-state index contributed by atoms with van der Waals surface area (Å²) in [5.74, 6) is 3.19. The topological polar surface area (TPSA) is 35.2 Å². The van der Waals surface area contributed by atoms with Gasteiger partial charge in [-0.2, -0.15) is 0 Å². The van der Waals surface area contributed by atoms with E-state index in [1.54, 1.807) is 6.07 Å². The number of hydrogen-bond acceptors (Lipinski definition) is 2. The summed E-state index contributed by atoms with van der Waals surface area (Å²) in [4.78, 5) is 4.34. The molecule has 0 spiro atoms. The Bertz CT molecular complexity index is 279. The number of hydrogen-bond donors (Lipinski definition) is 1. The van der Waals surface area contributed by atoms with Crippen molar-refractivity contribution in [3.63, 3.8) is 0 Å². The molecule has 72 valence electrons. The van der Waals surface area contributed by atoms with Crippen LogP contribution in [0, 0.1) is 18.6 Å². The normalized spacial score (nSPS) is 10.5. The van der Waals surface area contributed by atoms with Gasteiger partial charge in [0.15, 0.2) is 11.6 Å². The SMILES string of the molecule is Cc1cc(CCON)cc(F)c1F. The Hall–Kier alpha value is -1.00. The van der Waals surface area contributed by atoms with Crippen LogP contribution < -0.4 is 5.90 Å². The van der Waals surface area contributed by atoms with Crippen LogP contribution in [0.25, 0.3) is 0 Å². The van der Waals surface area contributed by atoms with Crippen LogP contribution in [0.2, 0.25) is 0 Å². The lowest BCUT2D eigenvalue weighted by Crippen LogP contribution is -2.04. The highest BCUT2D eigenvalue weighted by Crippen LogP contribution is 2.14. The van der Waals surface area contributed by atoms with E-state index in [9.17, 15) is 8.78 Å². The lowest BCUT2D eigenvalue weighted by Gasteiger charge is -2.03. The van der Waals surface area contributed by atoms with Gasteiger partial charge in [0.05, 0.1) is 6.61 Å². The molecule has 4 heteroatoms. The third-order valence-electron chi connectivity index (χ3n) is 1.78. The van der Waals surface area contributed by atoms with Gasteiger partial charge in [0, 0.05) is 0 Å². The van der Waals surface area contributed by atoms with E-state index in [0.29, 0.717) is 24.2 Å². The van der Waals surface area contributed by atoms with Gasteiger partial charge in [-0.25, -0.2) is 14.7 Å². The Morgan fingerprint density at radius 3 is 2.62 bits per heavy atom. The van der Waals surface area contributed by atoms with Gasteiger partial charge in [-0.3, -0.25) is 0 Å². The second-order valence-electron chi connectivity index (χ2n) is 2.83. The van der Waals surface area contributed by atoms with Gasteiger partial charge in [-0.1, -0.05) is 6.07 Å². The Balaban J connectivity index is 2.86. The van der Waals surface area contributed by atoms with Crippen LogP contribution in [0.1, 0.15) is 11.1 Å². The second kappa shape index (κ2) is 4.30. The molecule has 0 fully saturated rings. The Labute approximate surface area is 75.3 Å². The molecule has 0 bridgehead atoms. The van der Waals surface area contributed by atoms with Crippen LogP contribution >= 0.6 is 0 Å². The molecule has 1 rings (SSSR count). The van der Waals surface area contributed by atoms with Crippen LogP contribution in [0.4, 0.5) is 8.78 Å². The van der Waals surface area contributed by atoms with E-state index in [-0.39, 0.29) is 0 Å². The Kier molecular flexibility index (Phi) is 3.33. The first-order chi connectivity index (χ1) is 6.15. The molecule has 0 radical (unpaired) electrons. The summed E-state index contributed by atoms with van der Waals surface area (Å²) in [5, 5.41) is 0. The molecule has 13 heavy (non-hydrogen) atoms. The van der Waals surface area contributed by atoms with Crippen molar-refractivity contribution in [1.82, 2.24) is 0 Å². The Morgan fingerprint density at radius 2 is 2.08 bits per heavy atom. The van der Waals surface area contributed by atoms with Crippen LogP contribution in [0.15, 0.2) is 12.1 Å². The maximum absolute atomic E-state index is 12.8. The van der Waals surface area contributed by atoms with Crippen molar-refractivity contribution < 1.29 is 13.6 Å². The minimum Gasteiger partial charge on any atom is -0.304 e. The first kappa shape index (κ1) is 10.1. The molecule has 0 aliphatic heterocycles. The minimum atomic E-state index is -0.827. The third-order valence-corrected chi connectivity index (χ3v) is 1.78. The average molecular weight is 187 g/mol. The first-order valence-electron chi connectivity index (χ1n) is 3.91. The summed E-state index contributed by atoms with van der Waals surface area (Å²) >= 11 is 0. The number of rotatable bonds is 3. The second-order valence-corrected chi connectivity index (χ2v) is 2.83. The fourth-order valence-corrected chi connectivity index (χ4v) is 1.12. The molecular formula is C9H11F2NO. The third kappa shape index (κ3) is 2.47. The summed E-state index contributed by atoms with van der Waals surface area (Å²) < 4.78 is 25.6. The van der Waals surface area contributed by atoms with Crippen molar-refractivity contribution in [2.45, 2.75) is 13.3 Å². The quantitative estimate of drug-likeness (QED) is 0.731. The molecule has 0 saturated carbocycles. The van der Waals surface area contributed by atoms with Crippen LogP contribution in [-0.2, 0) is 11.3 Å². The van der Waals surface area contributed by atoms with Crippen molar-refractivity contribution in [2.24, 2.45) is 5.90 Å². The first-order valence-corrected chi connectivity index (χ1v) is 3.91. The number of halogens is 2. The van der Waals surface area contributed by atoms with Gasteiger partial charge in [0.1, 0.15) is 0 Å². The lowest BCUT2D eigenvalue weighted by atomic mass is 10.1. The fourth-order valence-electron chi connectivity index (χ4n) is 1.12. The van der Waals surface area contributed by atoms with Gasteiger partial charge in [-0.05, 0) is 30.5 Å². The van der Waals surface area contributed by atoms with E-state index in [4.69, 9.17) is 5.90 Å². The van der Waals surface area contributed by atoms with Crippen molar-refractivity contribution in [1.29, 1.82) is 0 Å². The molecule has 1 aromatic rings. The summed E-state index contributed by atoms with van der Waals surface area (Å²) in [6, 6.07) is 2.73. The van der Waals surface area contributed by atoms with Gasteiger partial charge < -0.3 is 4.84 Å². The molecule has 0 aromatic heterocycles. The molecule has 0 saturated heterocycles. The molecule has 1 aromatic carbocycles. The van der Waals surface area contributed by atoms with E-state index < -0.39 is 11.6 Å². The van der Waals surface area contributed by atoms with Crippen molar-refractivity contribution in [3.8, 4) is 0 Å². The molecule has 0 amide bonds. The predicted octanol–water partition coefficient (Wildman–Crippen LogP) is 1.71. The van der Waals surface area contributed by atoms with Crippen molar-refractivity contribution in [3.05, 3.63) is 34.9 Å². The zero-order chi connectivity index (χ0) is 9.84. The standard InChI is InChI=1S/C9H11F2NO/c1-6-4-7(2-3-13-12)5-8(10)9(6)11/h4-5H,2-3,12H2,1H3. The maximum atomic E-state index is 12.8. The zero-order valence-corrected chi connectivity index (χ0v) is 7.31. The molecule has 2 N–H and O–H groups in total. The van der Waals surface area contributed by atoms with E-state index >= 15 is 0 Å². The largest absolute Gasteiger partial charge is 0.304 e. The van der Waals surface area contributed by atoms with Crippen molar-refractivity contribution in [2.75, 3.05) is 6.61 Å². The molecule has 2 nitrogen and oxygen atoms in total. The zero-order valence-electron chi connectivity index (χ0n) is 7.31. The number of aryl methyl sites for hydroxylation is 1. The highest BCUT2D eigenvalue weighted by molar-refractivity contribution is 5.25. The Morgan fingerprint density at radius 1 is 1.38 bits per heavy atom. The maximum Gasteiger partial charge on any atom is 0.161 e. The van der Waals surface area contributed by atoms with Crippen LogP contribution in [0.3, 0.4) is 0 Å². The molecule has 0 aliphatic carbocycles. The molecular weight excluding hydrogens is 176 g/mol. The molecule has 0 heterocycles. The van der Waals surface area contributed by atoms with E-state index in [1.807, 2.05) is 0 Å². The van der Waals surface area contributed by atoms with Crippen LogP contribution in [0.5, 0.6) is 0 Å². The summed E-state index contributed by atoms with van der Waals surface area (Å²) in [6.07, 6.45) is 0.481. The van der Waals surface area contributed by atoms with E-state index in [0.717, 1.165) is 6.07 Å². The fraction of sp³-hybridized carbons (Fsp3) is 0.333. The van der Waals surface area contributed by atoms with Crippen molar-refractivity contribution >= 4 is 0 Å². The van der Waals surface area contributed by atoms with E-state index in [1.165, 1.54) is 6.92 Å². The summed E-state index contributed by atoms with van der Waals surface area (Å²) in [7, 11) is 0. The summed E-state index contributed by atoms with van der Waals surface area (Å²) in [6.45, 7) is 1.82. The summed E-state index contributed by atoms with van der Waals surface area (Å²) in [5.41, 5.74) is 0.980. The van der Waals surface area contributed by atoms with Gasteiger partial charge in [0.2, 0.25) is 0 Å². The van der Waals surface area contributed by atoms with Crippen LogP contribution in [-0.4, -0.2) is 6.61 Å². The smallest absolute Gasteiger partial charge is 0.161 e. The monoisotopic (exact) mass is 187 g/mol. The van der Waals surface area contributed by atoms with Gasteiger partial charge in [-0.15, -0.1) is 0 Å². The van der Waals surface area contributed by atoms with Gasteiger partial charge >= 0.3 is 0 Å².